The predicted molar refractivity (Wildman–Crippen MR) is 161 cm³/mol. The monoisotopic (exact) mass is 642 g/mol. The summed E-state index contributed by atoms with van der Waals surface area (Å²) >= 11 is 1.28. The lowest BCUT2D eigenvalue weighted by molar-refractivity contribution is -0.136. The Morgan fingerprint density at radius 2 is 1.67 bits per heavy atom. The summed E-state index contributed by atoms with van der Waals surface area (Å²) in [6, 6.07) is 7.14. The number of thioether (sulfide) groups is 1. The fourth-order valence-electron chi connectivity index (χ4n) is 4.97. The Morgan fingerprint density at radius 3 is 2.23 bits per heavy atom. The molecule has 0 saturated carbocycles. The molecule has 236 valence electrons. The van der Waals surface area contributed by atoms with Crippen molar-refractivity contribution in [3.63, 3.8) is 0 Å². The first-order valence-electron chi connectivity index (χ1n) is 14.0. The summed E-state index contributed by atoms with van der Waals surface area (Å²) in [4.78, 5) is 21.6. The molecule has 2 aromatic carbocycles. The van der Waals surface area contributed by atoms with Gasteiger partial charge in [0.05, 0.1) is 12.8 Å². The van der Waals surface area contributed by atoms with E-state index in [1.807, 2.05) is 27.7 Å². The maximum absolute atomic E-state index is 13.3. The number of anilines is 1. The van der Waals surface area contributed by atoms with Gasteiger partial charge in [0.25, 0.3) is 5.22 Å². The number of hydrogen-bond donors (Lipinski definition) is 1. The Kier molecular flexibility index (Phi) is 10.4. The normalized spacial score (nSPS) is 15.5. The second-order valence-electron chi connectivity index (χ2n) is 11.2. The van der Waals surface area contributed by atoms with E-state index in [1.165, 1.54) is 23.9 Å². The van der Waals surface area contributed by atoms with E-state index in [4.69, 9.17) is 8.60 Å². The molecular formula is C29H37F3N4O5S2. The van der Waals surface area contributed by atoms with Gasteiger partial charge < -0.3 is 13.9 Å². The number of hydrogen-bond acceptors (Lipinski definition) is 9. The minimum atomic E-state index is -4.51. The highest BCUT2D eigenvalue weighted by molar-refractivity contribution is 7.99. The molecule has 0 radical (unpaired) electrons. The molecule has 1 aromatic heterocycles. The number of nitrogens with zero attached hydrogens (tertiary/aromatic N) is 3. The molecule has 43 heavy (non-hydrogen) atoms. The fraction of sp³-hybridized carbons (Fsp3) is 0.517. The number of para-hydroxylation sites is 1. The molecule has 1 aliphatic rings. The number of aromatic nitrogens is 1. The van der Waals surface area contributed by atoms with Crippen molar-refractivity contribution < 1.29 is 35.0 Å². The van der Waals surface area contributed by atoms with Crippen LogP contribution >= 0.6 is 11.8 Å². The van der Waals surface area contributed by atoms with E-state index < -0.39 is 21.9 Å². The Hall–Kier alpha value is -2.81. The number of benzene rings is 2. The van der Waals surface area contributed by atoms with Crippen LogP contribution in [0.3, 0.4) is 0 Å². The SMILES string of the molecule is CC(C)c1cc(OS(C)(=O)=O)cc(C(C)C)c1NC(=O)CN1CCN(CCSc2nc3cccc(C(F)(F)F)c3o2)CC1. The summed E-state index contributed by atoms with van der Waals surface area (Å²) in [6.07, 6.45) is -3.51. The molecule has 1 aliphatic heterocycles. The van der Waals surface area contributed by atoms with Gasteiger partial charge in [0, 0.05) is 44.2 Å². The summed E-state index contributed by atoms with van der Waals surface area (Å²) in [5.74, 6) is 0.699. The van der Waals surface area contributed by atoms with Crippen molar-refractivity contribution >= 4 is 44.6 Å². The van der Waals surface area contributed by atoms with Gasteiger partial charge >= 0.3 is 16.3 Å². The number of nitrogens with one attached hydrogen (secondary N) is 1. The predicted octanol–water partition coefficient (Wildman–Crippen LogP) is 5.78. The third-order valence-electron chi connectivity index (χ3n) is 7.09. The van der Waals surface area contributed by atoms with Gasteiger partial charge in [0.15, 0.2) is 5.58 Å². The molecule has 9 nitrogen and oxygen atoms in total. The van der Waals surface area contributed by atoms with E-state index in [0.29, 0.717) is 31.1 Å². The third kappa shape index (κ3) is 8.87. The van der Waals surface area contributed by atoms with Crippen molar-refractivity contribution in [3.8, 4) is 5.75 Å². The van der Waals surface area contributed by atoms with Gasteiger partial charge in [-0.25, -0.2) is 4.98 Å². The summed E-state index contributed by atoms with van der Waals surface area (Å²) in [7, 11) is -3.70. The van der Waals surface area contributed by atoms with Crippen LogP contribution in [0.2, 0.25) is 0 Å². The minimum Gasteiger partial charge on any atom is -0.431 e. The highest BCUT2D eigenvalue weighted by Gasteiger charge is 2.34. The molecule has 14 heteroatoms. The molecule has 1 N–H and O–H groups in total. The number of amides is 1. The average molecular weight is 643 g/mol. The molecule has 0 bridgehead atoms. The first-order chi connectivity index (χ1) is 20.1. The van der Waals surface area contributed by atoms with Gasteiger partial charge in [-0.15, -0.1) is 0 Å². The van der Waals surface area contributed by atoms with Crippen LogP contribution in [0, 0.1) is 0 Å². The number of rotatable bonds is 11. The second-order valence-corrected chi connectivity index (χ2v) is 13.8. The maximum atomic E-state index is 13.3. The van der Waals surface area contributed by atoms with Crippen molar-refractivity contribution in [2.24, 2.45) is 0 Å². The first-order valence-corrected chi connectivity index (χ1v) is 16.8. The van der Waals surface area contributed by atoms with E-state index in [2.05, 4.69) is 20.1 Å². The topological polar surface area (TPSA) is 105 Å². The number of fused-ring (bicyclic) bond motifs is 1. The number of carbonyl (C=O) groups is 1. The molecule has 3 aromatic rings. The third-order valence-corrected chi connectivity index (χ3v) is 8.40. The number of alkyl halides is 3. The smallest absolute Gasteiger partial charge is 0.420 e. The standard InChI is InChI=1S/C29H37F3N4O5S2/c1-18(2)21-15-20(41-43(5,38)39)16-22(19(3)4)26(21)34-25(37)17-36-11-9-35(10-12-36)13-14-42-28-33-24-8-6-7-23(27(24)40-28)29(30,31)32/h6-8,15-16,18-19H,9-14,17H2,1-5H3,(H,34,37). The largest absolute Gasteiger partial charge is 0.431 e. The van der Waals surface area contributed by atoms with Crippen molar-refractivity contribution in [3.05, 3.63) is 47.0 Å². The number of carbonyl (C=O) groups excluding carboxylic acids is 1. The van der Waals surface area contributed by atoms with Gasteiger partial charge in [0.1, 0.15) is 16.8 Å². The van der Waals surface area contributed by atoms with Gasteiger partial charge in [-0.05, 0) is 47.2 Å². The summed E-state index contributed by atoms with van der Waals surface area (Å²) < 4.78 is 73.8. The Bertz CT molecular complexity index is 1520. The highest BCUT2D eigenvalue weighted by Crippen LogP contribution is 2.38. The molecule has 0 aliphatic carbocycles. The Balaban J connectivity index is 1.30. The zero-order chi connectivity index (χ0) is 31.5. The van der Waals surface area contributed by atoms with Gasteiger partial charge in [-0.1, -0.05) is 45.5 Å². The lowest BCUT2D eigenvalue weighted by atomic mass is 9.92. The molecule has 4 rings (SSSR count). The molecule has 1 fully saturated rings. The van der Waals surface area contributed by atoms with Crippen LogP contribution in [0.4, 0.5) is 18.9 Å². The average Bonchev–Trinajstić information content (AvgIpc) is 3.31. The van der Waals surface area contributed by atoms with Crippen LogP contribution in [0.15, 0.2) is 40.0 Å². The Labute approximate surface area is 254 Å². The number of halogens is 3. The van der Waals surface area contributed by atoms with E-state index in [-0.39, 0.29) is 46.4 Å². The van der Waals surface area contributed by atoms with Gasteiger partial charge in [0.2, 0.25) is 5.91 Å². The molecule has 1 saturated heterocycles. The lowest BCUT2D eigenvalue weighted by Crippen LogP contribution is -2.49. The van der Waals surface area contributed by atoms with Gasteiger partial charge in [-0.3, -0.25) is 14.6 Å². The molecule has 2 heterocycles. The van der Waals surface area contributed by atoms with Crippen LogP contribution in [0.5, 0.6) is 5.75 Å². The molecule has 0 unspecified atom stereocenters. The van der Waals surface area contributed by atoms with E-state index in [0.717, 1.165) is 36.5 Å². The van der Waals surface area contributed by atoms with Crippen molar-refractivity contribution in [1.29, 1.82) is 0 Å². The van der Waals surface area contributed by atoms with Gasteiger partial charge in [-0.2, -0.15) is 21.6 Å². The molecule has 1 amide bonds. The summed E-state index contributed by atoms with van der Waals surface area (Å²) in [5.41, 5.74) is 1.40. The maximum Gasteiger partial charge on any atom is 0.420 e. The van der Waals surface area contributed by atoms with E-state index >= 15 is 0 Å². The van der Waals surface area contributed by atoms with Crippen LogP contribution in [0.25, 0.3) is 11.1 Å². The zero-order valence-corrected chi connectivity index (χ0v) is 26.5. The summed E-state index contributed by atoms with van der Waals surface area (Å²) in [5, 5.41) is 3.28. The quantitative estimate of drug-likeness (QED) is 0.206. The van der Waals surface area contributed by atoms with Crippen molar-refractivity contribution in [1.82, 2.24) is 14.8 Å². The number of oxazole rings is 1. The van der Waals surface area contributed by atoms with Crippen LogP contribution in [-0.4, -0.2) is 80.4 Å². The summed E-state index contributed by atoms with van der Waals surface area (Å²) in [6.45, 7) is 11.7. The van der Waals surface area contributed by atoms with Crippen molar-refractivity contribution in [2.75, 3.05) is 56.6 Å². The van der Waals surface area contributed by atoms with Crippen LogP contribution in [0.1, 0.15) is 56.2 Å². The fourth-order valence-corrected chi connectivity index (χ4v) is 6.24. The Morgan fingerprint density at radius 1 is 1.07 bits per heavy atom. The van der Waals surface area contributed by atoms with E-state index in [1.54, 1.807) is 12.1 Å². The number of piperazine rings is 1. The lowest BCUT2D eigenvalue weighted by Gasteiger charge is -2.34. The van der Waals surface area contributed by atoms with Crippen LogP contribution in [-0.2, 0) is 21.1 Å². The molecular weight excluding hydrogens is 605 g/mol. The second kappa shape index (κ2) is 13.4. The first kappa shape index (κ1) is 33.1. The van der Waals surface area contributed by atoms with Crippen LogP contribution < -0.4 is 9.50 Å². The molecule has 0 spiro atoms. The minimum absolute atomic E-state index is 0.0128. The van der Waals surface area contributed by atoms with E-state index in [9.17, 15) is 26.4 Å². The highest BCUT2D eigenvalue weighted by atomic mass is 32.2. The molecule has 0 atom stereocenters. The zero-order valence-electron chi connectivity index (χ0n) is 24.8. The van der Waals surface area contributed by atoms with Crippen molar-refractivity contribution in [2.45, 2.75) is 50.9 Å².